The van der Waals surface area contributed by atoms with Gasteiger partial charge in [-0.1, -0.05) is 11.6 Å². The van der Waals surface area contributed by atoms with Gasteiger partial charge < -0.3 is 10.3 Å². The average molecular weight is 268 g/mol. The van der Waals surface area contributed by atoms with Crippen molar-refractivity contribution in [3.63, 3.8) is 0 Å². The highest BCUT2D eigenvalue weighted by Crippen LogP contribution is 2.24. The summed E-state index contributed by atoms with van der Waals surface area (Å²) in [4.78, 5) is 21.2. The largest absolute Gasteiger partial charge is 0.364 e. The second kappa shape index (κ2) is 5.46. The van der Waals surface area contributed by atoms with Crippen LogP contribution in [0.15, 0.2) is 24.7 Å². The third kappa shape index (κ3) is 2.95. The molecule has 2 aromatic rings. The monoisotopic (exact) mass is 267 g/mol. The maximum atomic E-state index is 10.8. The van der Waals surface area contributed by atoms with Gasteiger partial charge in [-0.3, -0.25) is 10.1 Å². The van der Waals surface area contributed by atoms with Crippen LogP contribution in [-0.4, -0.2) is 26.4 Å². The number of H-pyrrole nitrogens is 1. The SMILES string of the molecule is O=[N+]([O-])c1cc(Cl)cnc1NCCc1ncc[nH]1. The summed E-state index contributed by atoms with van der Waals surface area (Å²) < 4.78 is 0. The topological polar surface area (TPSA) is 96.7 Å². The number of aromatic nitrogens is 3. The van der Waals surface area contributed by atoms with Gasteiger partial charge in [-0.2, -0.15) is 0 Å². The van der Waals surface area contributed by atoms with Crippen LogP contribution in [0.4, 0.5) is 11.5 Å². The van der Waals surface area contributed by atoms with Crippen molar-refractivity contribution in [2.75, 3.05) is 11.9 Å². The number of pyridine rings is 1. The first-order valence-electron chi connectivity index (χ1n) is 5.19. The molecular formula is C10H10ClN5O2. The lowest BCUT2D eigenvalue weighted by Crippen LogP contribution is -2.09. The Morgan fingerprint density at radius 1 is 1.50 bits per heavy atom. The molecule has 0 unspecified atom stereocenters. The summed E-state index contributed by atoms with van der Waals surface area (Å²) in [6.07, 6.45) is 5.36. The number of anilines is 1. The van der Waals surface area contributed by atoms with E-state index in [1.165, 1.54) is 12.3 Å². The van der Waals surface area contributed by atoms with Crippen LogP contribution in [0.25, 0.3) is 0 Å². The number of nitrogens with zero attached hydrogens (tertiary/aromatic N) is 3. The normalized spacial score (nSPS) is 10.3. The average Bonchev–Trinajstić information content (AvgIpc) is 2.84. The van der Waals surface area contributed by atoms with Crippen molar-refractivity contribution in [2.45, 2.75) is 6.42 Å². The van der Waals surface area contributed by atoms with Crippen molar-refractivity contribution in [2.24, 2.45) is 0 Å². The Bertz CT molecular complexity index is 543. The van der Waals surface area contributed by atoms with Gasteiger partial charge in [-0.25, -0.2) is 9.97 Å². The molecule has 8 heteroatoms. The number of halogens is 1. The van der Waals surface area contributed by atoms with Crippen LogP contribution in [0.1, 0.15) is 5.82 Å². The lowest BCUT2D eigenvalue weighted by molar-refractivity contribution is -0.384. The lowest BCUT2D eigenvalue weighted by atomic mass is 10.3. The molecule has 2 rings (SSSR count). The van der Waals surface area contributed by atoms with Crippen molar-refractivity contribution in [3.8, 4) is 0 Å². The summed E-state index contributed by atoms with van der Waals surface area (Å²) in [7, 11) is 0. The minimum atomic E-state index is -0.520. The molecule has 2 aromatic heterocycles. The predicted octanol–water partition coefficient (Wildman–Crippen LogP) is 2.02. The first-order chi connectivity index (χ1) is 8.66. The highest BCUT2D eigenvalue weighted by molar-refractivity contribution is 6.30. The molecule has 2 heterocycles. The number of nitrogens with one attached hydrogen (secondary N) is 2. The molecule has 0 radical (unpaired) electrons. The van der Waals surface area contributed by atoms with Crippen LogP contribution in [0.5, 0.6) is 0 Å². The van der Waals surface area contributed by atoms with Gasteiger partial charge in [-0.15, -0.1) is 0 Å². The highest BCUT2D eigenvalue weighted by atomic mass is 35.5. The number of imidazole rings is 1. The summed E-state index contributed by atoms with van der Waals surface area (Å²) in [6, 6.07) is 1.27. The predicted molar refractivity (Wildman–Crippen MR) is 66.7 cm³/mol. The standard InChI is InChI=1S/C10H10ClN5O2/c11-7-5-8(16(17)18)10(15-6-7)14-2-1-9-12-3-4-13-9/h3-6H,1-2H2,(H,12,13)(H,14,15). The molecule has 0 atom stereocenters. The highest BCUT2D eigenvalue weighted by Gasteiger charge is 2.15. The lowest BCUT2D eigenvalue weighted by Gasteiger charge is -2.05. The van der Waals surface area contributed by atoms with Crippen molar-refractivity contribution >= 4 is 23.1 Å². The molecule has 0 saturated carbocycles. The molecule has 0 aliphatic rings. The third-order valence-corrected chi connectivity index (χ3v) is 2.45. The zero-order valence-electron chi connectivity index (χ0n) is 9.26. The smallest absolute Gasteiger partial charge is 0.312 e. The maximum absolute atomic E-state index is 10.8. The molecular weight excluding hydrogens is 258 g/mol. The van der Waals surface area contributed by atoms with E-state index in [4.69, 9.17) is 11.6 Å². The minimum absolute atomic E-state index is 0.137. The zero-order valence-corrected chi connectivity index (χ0v) is 10.0. The summed E-state index contributed by atoms with van der Waals surface area (Å²) in [5.74, 6) is 1.01. The van der Waals surface area contributed by atoms with Gasteiger partial charge in [0.05, 0.1) is 9.95 Å². The van der Waals surface area contributed by atoms with Crippen LogP contribution in [0.2, 0.25) is 5.02 Å². The van der Waals surface area contributed by atoms with Crippen LogP contribution in [0.3, 0.4) is 0 Å². The van der Waals surface area contributed by atoms with E-state index < -0.39 is 4.92 Å². The van der Waals surface area contributed by atoms with Crippen LogP contribution in [0, 0.1) is 10.1 Å². The van der Waals surface area contributed by atoms with E-state index in [1.807, 2.05) is 0 Å². The second-order valence-corrected chi connectivity index (χ2v) is 3.93. The Morgan fingerprint density at radius 3 is 3.00 bits per heavy atom. The quantitative estimate of drug-likeness (QED) is 0.638. The molecule has 7 nitrogen and oxygen atoms in total. The Morgan fingerprint density at radius 2 is 2.33 bits per heavy atom. The summed E-state index contributed by atoms with van der Waals surface area (Å²) in [5.41, 5.74) is -0.137. The molecule has 94 valence electrons. The number of aromatic amines is 1. The minimum Gasteiger partial charge on any atom is -0.364 e. The maximum Gasteiger partial charge on any atom is 0.312 e. The molecule has 0 amide bonds. The van der Waals surface area contributed by atoms with Gasteiger partial charge >= 0.3 is 5.69 Å². The van der Waals surface area contributed by atoms with E-state index in [1.54, 1.807) is 12.4 Å². The van der Waals surface area contributed by atoms with E-state index in [0.29, 0.717) is 13.0 Å². The molecule has 2 N–H and O–H groups in total. The van der Waals surface area contributed by atoms with E-state index >= 15 is 0 Å². The first kappa shape index (κ1) is 12.3. The van der Waals surface area contributed by atoms with E-state index in [-0.39, 0.29) is 16.5 Å². The molecule has 0 saturated heterocycles. The van der Waals surface area contributed by atoms with Crippen LogP contribution in [-0.2, 0) is 6.42 Å². The van der Waals surface area contributed by atoms with Crippen molar-refractivity contribution < 1.29 is 4.92 Å². The zero-order chi connectivity index (χ0) is 13.0. The Balaban J connectivity index is 2.02. The molecule has 18 heavy (non-hydrogen) atoms. The fraction of sp³-hybridized carbons (Fsp3) is 0.200. The Kier molecular flexibility index (Phi) is 3.73. The van der Waals surface area contributed by atoms with E-state index in [0.717, 1.165) is 5.82 Å². The van der Waals surface area contributed by atoms with Crippen molar-refractivity contribution in [1.29, 1.82) is 0 Å². The summed E-state index contributed by atoms with van der Waals surface area (Å²) >= 11 is 5.67. The van der Waals surface area contributed by atoms with Crippen LogP contribution < -0.4 is 5.32 Å². The van der Waals surface area contributed by atoms with Gasteiger partial charge in [0, 0.05) is 37.6 Å². The molecule has 0 spiro atoms. The van der Waals surface area contributed by atoms with E-state index in [2.05, 4.69) is 20.3 Å². The Hall–Kier alpha value is -2.15. The molecule has 0 bridgehead atoms. The first-order valence-corrected chi connectivity index (χ1v) is 5.56. The number of rotatable bonds is 5. The van der Waals surface area contributed by atoms with Gasteiger partial charge in [0.2, 0.25) is 5.82 Å². The fourth-order valence-corrected chi connectivity index (χ4v) is 1.59. The molecule has 0 aliphatic heterocycles. The van der Waals surface area contributed by atoms with Crippen molar-refractivity contribution in [3.05, 3.63) is 45.6 Å². The molecule has 0 aliphatic carbocycles. The van der Waals surface area contributed by atoms with Crippen LogP contribution >= 0.6 is 11.6 Å². The number of hydrogen-bond acceptors (Lipinski definition) is 5. The fourth-order valence-electron chi connectivity index (χ4n) is 1.44. The second-order valence-electron chi connectivity index (χ2n) is 3.49. The summed E-state index contributed by atoms with van der Waals surface area (Å²) in [6.45, 7) is 0.489. The molecule has 0 fully saturated rings. The van der Waals surface area contributed by atoms with Gasteiger partial charge in [0.1, 0.15) is 5.82 Å². The van der Waals surface area contributed by atoms with Gasteiger partial charge in [-0.05, 0) is 0 Å². The van der Waals surface area contributed by atoms with Gasteiger partial charge in [0.15, 0.2) is 0 Å². The molecule has 0 aromatic carbocycles. The number of hydrogen-bond donors (Lipinski definition) is 2. The third-order valence-electron chi connectivity index (χ3n) is 2.24. The van der Waals surface area contributed by atoms with Crippen molar-refractivity contribution in [1.82, 2.24) is 15.0 Å². The number of nitro groups is 1. The van der Waals surface area contributed by atoms with E-state index in [9.17, 15) is 10.1 Å². The van der Waals surface area contributed by atoms with Gasteiger partial charge in [0.25, 0.3) is 0 Å². The summed E-state index contributed by atoms with van der Waals surface area (Å²) in [5, 5.41) is 13.9. The Labute approximate surface area is 107 Å².